The smallest absolute Gasteiger partial charge is 0.347 e. The molecule has 0 saturated heterocycles. The number of unbranched alkanes of at least 4 members (excludes halogenated alkanes) is 4. The molecule has 0 amide bonds. The molecular formula is C23H26N4O2. The lowest BCUT2D eigenvalue weighted by molar-refractivity contribution is 0.0409. The molecule has 0 saturated carbocycles. The van der Waals surface area contributed by atoms with E-state index in [-0.39, 0.29) is 0 Å². The number of fused-ring (bicyclic) bond motifs is 2. The Morgan fingerprint density at radius 1 is 1.03 bits per heavy atom. The Kier molecular flexibility index (Phi) is 5.60. The van der Waals surface area contributed by atoms with E-state index in [4.69, 9.17) is 4.84 Å². The number of rotatable bonds is 8. The minimum absolute atomic E-state index is 0.448. The van der Waals surface area contributed by atoms with Gasteiger partial charge in [-0.25, -0.2) is 4.79 Å². The third-order valence-electron chi connectivity index (χ3n) is 5.31. The molecule has 150 valence electrons. The van der Waals surface area contributed by atoms with Gasteiger partial charge in [0.25, 0.3) is 0 Å². The van der Waals surface area contributed by atoms with Crippen molar-refractivity contribution in [1.29, 1.82) is 0 Å². The Morgan fingerprint density at radius 3 is 2.72 bits per heavy atom. The molecule has 0 bridgehead atoms. The molecule has 29 heavy (non-hydrogen) atoms. The van der Waals surface area contributed by atoms with Gasteiger partial charge in [-0.1, -0.05) is 55.7 Å². The van der Waals surface area contributed by atoms with E-state index in [1.807, 2.05) is 42.5 Å². The topological polar surface area (TPSA) is 61.9 Å². The molecule has 6 heteroatoms. The van der Waals surface area contributed by atoms with Gasteiger partial charge in [-0.15, -0.1) is 5.10 Å². The van der Waals surface area contributed by atoms with E-state index in [0.717, 1.165) is 18.5 Å². The van der Waals surface area contributed by atoms with Crippen molar-refractivity contribution in [3.8, 4) is 0 Å². The lowest BCUT2D eigenvalue weighted by Crippen LogP contribution is -2.21. The standard InChI is InChI=1S/C23H26N4O2/c1-3-4-5-6-9-14-26-16-17(2)19-13-12-18(15-22(19)26)23(28)29-27-21-11-8-7-10-20(21)24-25-27/h7-8,10-13,15-16H,3-6,9,14H2,1-2H3. The summed E-state index contributed by atoms with van der Waals surface area (Å²) < 4.78 is 2.25. The fourth-order valence-corrected chi connectivity index (χ4v) is 3.72. The summed E-state index contributed by atoms with van der Waals surface area (Å²) in [5, 5.41) is 9.12. The number of carbonyl (C=O) groups is 1. The lowest BCUT2D eigenvalue weighted by Gasteiger charge is -2.07. The van der Waals surface area contributed by atoms with Crippen molar-refractivity contribution in [3.05, 3.63) is 59.8 Å². The summed E-state index contributed by atoms with van der Waals surface area (Å²) >= 11 is 0. The van der Waals surface area contributed by atoms with E-state index in [0.29, 0.717) is 16.6 Å². The van der Waals surface area contributed by atoms with Crippen LogP contribution in [0, 0.1) is 6.92 Å². The highest BCUT2D eigenvalue weighted by Gasteiger charge is 2.15. The van der Waals surface area contributed by atoms with Crippen molar-refractivity contribution >= 4 is 27.9 Å². The van der Waals surface area contributed by atoms with E-state index in [1.165, 1.54) is 41.5 Å². The van der Waals surface area contributed by atoms with Gasteiger partial charge in [0.15, 0.2) is 0 Å². The van der Waals surface area contributed by atoms with Gasteiger partial charge in [-0.3, -0.25) is 0 Å². The quantitative estimate of drug-likeness (QED) is 0.316. The SMILES string of the molecule is CCCCCCCn1cc(C)c2ccc(C(=O)On3nnc4ccccc43)cc21. The maximum absolute atomic E-state index is 12.7. The molecule has 4 rings (SSSR count). The zero-order valence-corrected chi connectivity index (χ0v) is 17.0. The van der Waals surface area contributed by atoms with Crippen LogP contribution in [0.5, 0.6) is 0 Å². The van der Waals surface area contributed by atoms with Crippen molar-refractivity contribution in [1.82, 2.24) is 19.7 Å². The number of benzene rings is 2. The van der Waals surface area contributed by atoms with Gasteiger partial charge >= 0.3 is 5.97 Å². The first-order valence-electron chi connectivity index (χ1n) is 10.3. The van der Waals surface area contributed by atoms with Gasteiger partial charge < -0.3 is 9.40 Å². The molecule has 0 atom stereocenters. The second-order valence-electron chi connectivity index (χ2n) is 7.48. The van der Waals surface area contributed by atoms with Crippen molar-refractivity contribution in [2.24, 2.45) is 0 Å². The van der Waals surface area contributed by atoms with Gasteiger partial charge in [-0.05, 0) is 48.4 Å². The van der Waals surface area contributed by atoms with Crippen LogP contribution in [0.2, 0.25) is 0 Å². The molecule has 2 aromatic heterocycles. The van der Waals surface area contributed by atoms with Crippen LogP contribution in [0.25, 0.3) is 21.9 Å². The molecule has 2 heterocycles. The third-order valence-corrected chi connectivity index (χ3v) is 5.31. The van der Waals surface area contributed by atoms with E-state index >= 15 is 0 Å². The predicted octanol–water partition coefficient (Wildman–Crippen LogP) is 4.93. The highest BCUT2D eigenvalue weighted by Crippen LogP contribution is 2.23. The first-order valence-corrected chi connectivity index (χ1v) is 10.3. The summed E-state index contributed by atoms with van der Waals surface area (Å²) in [5.41, 5.74) is 4.13. The normalized spacial score (nSPS) is 11.4. The summed E-state index contributed by atoms with van der Waals surface area (Å²) in [6, 6.07) is 13.1. The van der Waals surface area contributed by atoms with E-state index < -0.39 is 5.97 Å². The molecule has 2 aromatic carbocycles. The number of nitrogens with zero attached hydrogens (tertiary/aromatic N) is 4. The molecule has 4 aromatic rings. The fraction of sp³-hybridized carbons (Fsp3) is 0.348. The van der Waals surface area contributed by atoms with Gasteiger partial charge in [0, 0.05) is 23.6 Å². The molecule has 0 N–H and O–H groups in total. The summed E-state index contributed by atoms with van der Waals surface area (Å²) in [4.78, 5) is 19.4. The van der Waals surface area contributed by atoms with Crippen LogP contribution in [0.3, 0.4) is 0 Å². The summed E-state index contributed by atoms with van der Waals surface area (Å²) in [6.45, 7) is 5.29. The average molecular weight is 390 g/mol. The van der Waals surface area contributed by atoms with E-state index in [1.54, 1.807) is 0 Å². The summed E-state index contributed by atoms with van der Waals surface area (Å²) in [5.74, 6) is -0.448. The fourth-order valence-electron chi connectivity index (χ4n) is 3.72. The Bertz CT molecular complexity index is 1140. The van der Waals surface area contributed by atoms with Gasteiger partial charge in [0.1, 0.15) is 11.0 Å². The molecule has 0 aliphatic carbocycles. The monoisotopic (exact) mass is 390 g/mol. The van der Waals surface area contributed by atoms with E-state index in [9.17, 15) is 4.79 Å². The molecule has 0 aliphatic rings. The maximum Gasteiger partial charge on any atom is 0.365 e. The number of carbonyl (C=O) groups excluding carboxylic acids is 1. The second-order valence-corrected chi connectivity index (χ2v) is 7.48. The highest BCUT2D eigenvalue weighted by atomic mass is 16.7. The Hall–Kier alpha value is -3.15. The number of para-hydroxylation sites is 1. The average Bonchev–Trinajstić information content (AvgIpc) is 3.29. The maximum atomic E-state index is 12.7. The van der Waals surface area contributed by atoms with Gasteiger partial charge in [0.2, 0.25) is 0 Å². The first-order chi connectivity index (χ1) is 14.2. The first kappa shape index (κ1) is 19.2. The van der Waals surface area contributed by atoms with Crippen LogP contribution in [0.1, 0.15) is 54.9 Å². The van der Waals surface area contributed by atoms with Crippen molar-refractivity contribution < 1.29 is 9.63 Å². The Balaban J connectivity index is 1.54. The van der Waals surface area contributed by atoms with Crippen molar-refractivity contribution in [2.75, 3.05) is 0 Å². The van der Waals surface area contributed by atoms with Crippen LogP contribution in [0.15, 0.2) is 48.7 Å². The zero-order valence-electron chi connectivity index (χ0n) is 17.0. The van der Waals surface area contributed by atoms with Crippen LogP contribution < -0.4 is 4.84 Å². The lowest BCUT2D eigenvalue weighted by atomic mass is 10.1. The number of aromatic nitrogens is 4. The molecule has 0 unspecified atom stereocenters. The minimum atomic E-state index is -0.448. The largest absolute Gasteiger partial charge is 0.365 e. The molecular weight excluding hydrogens is 364 g/mol. The molecule has 0 fully saturated rings. The van der Waals surface area contributed by atoms with Crippen LogP contribution in [-0.2, 0) is 6.54 Å². The Labute approximate surface area is 170 Å². The van der Waals surface area contributed by atoms with Crippen molar-refractivity contribution in [3.63, 3.8) is 0 Å². The van der Waals surface area contributed by atoms with Gasteiger partial charge in [-0.2, -0.15) is 0 Å². The number of aryl methyl sites for hydroxylation is 2. The third kappa shape index (κ3) is 4.01. The summed E-state index contributed by atoms with van der Waals surface area (Å²) in [6.07, 6.45) is 8.36. The molecule has 0 radical (unpaired) electrons. The van der Waals surface area contributed by atoms with Gasteiger partial charge in [0.05, 0.1) is 5.56 Å². The summed E-state index contributed by atoms with van der Waals surface area (Å²) in [7, 11) is 0. The van der Waals surface area contributed by atoms with Crippen LogP contribution in [-0.4, -0.2) is 25.7 Å². The molecule has 0 aliphatic heterocycles. The van der Waals surface area contributed by atoms with Crippen molar-refractivity contribution in [2.45, 2.75) is 52.5 Å². The second kappa shape index (κ2) is 8.47. The number of hydrogen-bond donors (Lipinski definition) is 0. The highest BCUT2D eigenvalue weighted by molar-refractivity contribution is 5.96. The minimum Gasteiger partial charge on any atom is -0.347 e. The molecule has 6 nitrogen and oxygen atoms in total. The van der Waals surface area contributed by atoms with E-state index in [2.05, 4.69) is 34.9 Å². The Morgan fingerprint density at radius 2 is 1.86 bits per heavy atom. The predicted molar refractivity (Wildman–Crippen MR) is 114 cm³/mol. The zero-order chi connectivity index (χ0) is 20.2. The van der Waals surface area contributed by atoms with Crippen LogP contribution in [0.4, 0.5) is 0 Å². The number of hydrogen-bond acceptors (Lipinski definition) is 4. The molecule has 0 spiro atoms. The van der Waals surface area contributed by atoms with Crippen LogP contribution >= 0.6 is 0 Å².